The molecule has 16 heavy (non-hydrogen) atoms. The van der Waals surface area contributed by atoms with Crippen LogP contribution in [0.5, 0.6) is 0 Å². The maximum Gasteiger partial charge on any atom is 0.184 e. The van der Waals surface area contributed by atoms with Crippen LogP contribution in [0.15, 0.2) is 23.8 Å². The molecule has 0 saturated heterocycles. The Morgan fingerprint density at radius 3 is 3.00 bits per heavy atom. The highest BCUT2D eigenvalue weighted by atomic mass is 32.1. The maximum atomic E-state index is 4.59. The second kappa shape index (κ2) is 3.80. The van der Waals surface area contributed by atoms with E-state index in [2.05, 4.69) is 38.5 Å². The van der Waals surface area contributed by atoms with Crippen molar-refractivity contribution in [2.45, 2.75) is 6.92 Å². The SMILES string of the molecule is Cc1sc(-c2ncn[nH]2)nc1-c1cccs1. The number of aromatic amines is 1. The number of hydrogen-bond acceptors (Lipinski definition) is 5. The van der Waals surface area contributed by atoms with E-state index >= 15 is 0 Å². The summed E-state index contributed by atoms with van der Waals surface area (Å²) in [6.07, 6.45) is 1.50. The number of H-pyrrole nitrogens is 1. The van der Waals surface area contributed by atoms with Crippen molar-refractivity contribution in [3.63, 3.8) is 0 Å². The molecule has 0 radical (unpaired) electrons. The number of nitrogens with one attached hydrogen (secondary N) is 1. The zero-order valence-electron chi connectivity index (χ0n) is 8.47. The Hall–Kier alpha value is -1.53. The molecule has 3 heterocycles. The van der Waals surface area contributed by atoms with Gasteiger partial charge in [0.15, 0.2) is 10.8 Å². The largest absolute Gasteiger partial charge is 0.257 e. The highest BCUT2D eigenvalue weighted by Crippen LogP contribution is 2.33. The third kappa shape index (κ3) is 1.56. The standard InChI is InChI=1S/C10H8N4S2/c1-6-8(7-3-2-4-15-7)13-10(16-6)9-11-5-12-14-9/h2-5H,1H3,(H,11,12,14). The van der Waals surface area contributed by atoms with E-state index in [1.54, 1.807) is 22.7 Å². The highest BCUT2D eigenvalue weighted by Gasteiger charge is 2.13. The molecular formula is C10H8N4S2. The van der Waals surface area contributed by atoms with E-state index in [0.717, 1.165) is 16.5 Å². The molecule has 0 aromatic carbocycles. The van der Waals surface area contributed by atoms with Gasteiger partial charge in [0, 0.05) is 4.88 Å². The number of thiophene rings is 1. The van der Waals surface area contributed by atoms with Crippen LogP contribution in [-0.2, 0) is 0 Å². The van der Waals surface area contributed by atoms with Crippen LogP contribution in [-0.4, -0.2) is 20.2 Å². The first-order valence-electron chi connectivity index (χ1n) is 4.71. The predicted molar refractivity (Wildman–Crippen MR) is 65.5 cm³/mol. The summed E-state index contributed by atoms with van der Waals surface area (Å²) in [5, 5.41) is 9.61. The van der Waals surface area contributed by atoms with Crippen molar-refractivity contribution in [2.75, 3.05) is 0 Å². The van der Waals surface area contributed by atoms with E-state index in [0.29, 0.717) is 0 Å². The van der Waals surface area contributed by atoms with Gasteiger partial charge in [0.2, 0.25) is 0 Å². The number of nitrogens with zero attached hydrogens (tertiary/aromatic N) is 3. The van der Waals surface area contributed by atoms with Crippen LogP contribution in [0, 0.1) is 6.92 Å². The molecule has 80 valence electrons. The Bertz CT molecular complexity index is 580. The molecule has 0 atom stereocenters. The Kier molecular flexibility index (Phi) is 2.30. The molecular weight excluding hydrogens is 240 g/mol. The molecule has 1 N–H and O–H groups in total. The molecule has 0 spiro atoms. The van der Waals surface area contributed by atoms with Crippen molar-refractivity contribution in [3.05, 3.63) is 28.7 Å². The minimum Gasteiger partial charge on any atom is -0.257 e. The lowest BCUT2D eigenvalue weighted by atomic mass is 10.3. The normalized spacial score (nSPS) is 10.8. The van der Waals surface area contributed by atoms with Gasteiger partial charge in [-0.25, -0.2) is 9.97 Å². The Morgan fingerprint density at radius 1 is 1.38 bits per heavy atom. The molecule has 0 amide bonds. The molecule has 0 aliphatic heterocycles. The molecule has 3 rings (SSSR count). The Balaban J connectivity index is 2.09. The summed E-state index contributed by atoms with van der Waals surface area (Å²) in [5.41, 5.74) is 1.05. The number of thiazole rings is 1. The van der Waals surface area contributed by atoms with Crippen LogP contribution in [0.25, 0.3) is 21.4 Å². The molecule has 0 fully saturated rings. The average Bonchev–Trinajstić information content (AvgIpc) is 2.97. The summed E-state index contributed by atoms with van der Waals surface area (Å²) >= 11 is 3.33. The monoisotopic (exact) mass is 248 g/mol. The zero-order chi connectivity index (χ0) is 11.0. The van der Waals surface area contributed by atoms with Crippen molar-refractivity contribution in [1.82, 2.24) is 20.2 Å². The third-order valence-corrected chi connectivity index (χ3v) is 4.02. The van der Waals surface area contributed by atoms with Crippen molar-refractivity contribution in [1.29, 1.82) is 0 Å². The third-order valence-electron chi connectivity index (χ3n) is 2.17. The summed E-state index contributed by atoms with van der Waals surface area (Å²) in [6.45, 7) is 2.08. The van der Waals surface area contributed by atoms with Gasteiger partial charge in [-0.15, -0.1) is 22.7 Å². The fraction of sp³-hybridized carbons (Fsp3) is 0.100. The van der Waals surface area contributed by atoms with Crippen LogP contribution < -0.4 is 0 Å². The maximum absolute atomic E-state index is 4.59. The van der Waals surface area contributed by atoms with Crippen LogP contribution >= 0.6 is 22.7 Å². The molecule has 0 saturated carbocycles. The Labute approximate surface area is 100 Å². The zero-order valence-corrected chi connectivity index (χ0v) is 10.1. The molecule has 3 aromatic rings. The molecule has 0 aliphatic rings. The van der Waals surface area contributed by atoms with Crippen molar-refractivity contribution in [3.8, 4) is 21.4 Å². The summed E-state index contributed by atoms with van der Waals surface area (Å²) in [7, 11) is 0. The molecule has 0 bridgehead atoms. The van der Waals surface area contributed by atoms with Crippen molar-refractivity contribution >= 4 is 22.7 Å². The van der Waals surface area contributed by atoms with E-state index in [4.69, 9.17) is 0 Å². The first-order chi connectivity index (χ1) is 7.84. The highest BCUT2D eigenvalue weighted by molar-refractivity contribution is 7.16. The second-order valence-corrected chi connectivity index (χ2v) is 5.39. The van der Waals surface area contributed by atoms with Gasteiger partial charge in [0.25, 0.3) is 0 Å². The van der Waals surface area contributed by atoms with Crippen molar-refractivity contribution < 1.29 is 0 Å². The van der Waals surface area contributed by atoms with Gasteiger partial charge in [0.1, 0.15) is 6.33 Å². The quantitative estimate of drug-likeness (QED) is 0.758. The van der Waals surface area contributed by atoms with Gasteiger partial charge in [-0.2, -0.15) is 5.10 Å². The summed E-state index contributed by atoms with van der Waals surface area (Å²) in [5.74, 6) is 0.732. The first-order valence-corrected chi connectivity index (χ1v) is 6.41. The summed E-state index contributed by atoms with van der Waals surface area (Å²) < 4.78 is 0. The van der Waals surface area contributed by atoms with E-state index in [-0.39, 0.29) is 0 Å². The van der Waals surface area contributed by atoms with Gasteiger partial charge < -0.3 is 0 Å². The fourth-order valence-electron chi connectivity index (χ4n) is 1.45. The first kappa shape index (κ1) is 9.68. The Morgan fingerprint density at radius 2 is 2.31 bits per heavy atom. The molecule has 0 unspecified atom stereocenters. The van der Waals surface area contributed by atoms with E-state index in [1.807, 2.05) is 6.07 Å². The van der Waals surface area contributed by atoms with Crippen LogP contribution in [0.2, 0.25) is 0 Å². The molecule has 0 aliphatic carbocycles. The van der Waals surface area contributed by atoms with Crippen molar-refractivity contribution in [2.24, 2.45) is 0 Å². The smallest absolute Gasteiger partial charge is 0.184 e. The van der Waals surface area contributed by atoms with Gasteiger partial charge in [-0.05, 0) is 18.4 Å². The fourth-order valence-corrected chi connectivity index (χ4v) is 3.16. The summed E-state index contributed by atoms with van der Waals surface area (Å²) in [6, 6.07) is 4.11. The number of aryl methyl sites for hydroxylation is 1. The number of hydrogen-bond donors (Lipinski definition) is 1. The van der Waals surface area contributed by atoms with Gasteiger partial charge in [0.05, 0.1) is 10.6 Å². The van der Waals surface area contributed by atoms with E-state index in [1.165, 1.54) is 16.1 Å². The van der Waals surface area contributed by atoms with E-state index in [9.17, 15) is 0 Å². The van der Waals surface area contributed by atoms with Gasteiger partial charge >= 0.3 is 0 Å². The molecule has 3 aromatic heterocycles. The van der Waals surface area contributed by atoms with Crippen LogP contribution in [0.3, 0.4) is 0 Å². The van der Waals surface area contributed by atoms with Gasteiger partial charge in [-0.3, -0.25) is 5.10 Å². The molecule has 6 heteroatoms. The lowest BCUT2D eigenvalue weighted by molar-refractivity contribution is 1.09. The lowest BCUT2D eigenvalue weighted by Crippen LogP contribution is -1.79. The number of aromatic nitrogens is 4. The van der Waals surface area contributed by atoms with E-state index < -0.39 is 0 Å². The lowest BCUT2D eigenvalue weighted by Gasteiger charge is -1.90. The van der Waals surface area contributed by atoms with Gasteiger partial charge in [-0.1, -0.05) is 6.07 Å². The topological polar surface area (TPSA) is 54.5 Å². The second-order valence-electron chi connectivity index (χ2n) is 3.24. The number of rotatable bonds is 2. The predicted octanol–water partition coefficient (Wildman–Crippen LogP) is 2.97. The summed E-state index contributed by atoms with van der Waals surface area (Å²) in [4.78, 5) is 11.1. The molecule has 4 nitrogen and oxygen atoms in total. The minimum atomic E-state index is 0.732. The average molecular weight is 248 g/mol. The van der Waals surface area contributed by atoms with Crippen LogP contribution in [0.1, 0.15) is 4.88 Å². The van der Waals surface area contributed by atoms with Crippen LogP contribution in [0.4, 0.5) is 0 Å². The minimum absolute atomic E-state index is 0.732.